The average molecular weight is 604 g/mol. The van der Waals surface area contributed by atoms with E-state index in [0.717, 1.165) is 28.8 Å². The predicted molar refractivity (Wildman–Crippen MR) is 159 cm³/mol. The third-order valence-corrected chi connectivity index (χ3v) is 8.32. The van der Waals surface area contributed by atoms with Crippen molar-refractivity contribution in [3.05, 3.63) is 137 Å². The number of carbonyl (C=O) groups excluding carboxylic acids is 1. The molecular formula is C32H28F2N3O5P. The molecular weight excluding hydrogens is 575 g/mol. The number of aromatic nitrogens is 3. The van der Waals surface area contributed by atoms with Gasteiger partial charge in [0.25, 0.3) is 0 Å². The summed E-state index contributed by atoms with van der Waals surface area (Å²) in [6.45, 7) is 0. The van der Waals surface area contributed by atoms with Crippen LogP contribution in [0.25, 0.3) is 17.1 Å². The number of fused-ring (bicyclic) bond motifs is 1. The van der Waals surface area contributed by atoms with E-state index < -0.39 is 30.3 Å². The molecule has 5 aromatic rings. The van der Waals surface area contributed by atoms with Crippen molar-refractivity contribution in [2.45, 2.75) is 24.0 Å². The molecule has 11 heteroatoms. The van der Waals surface area contributed by atoms with Gasteiger partial charge in [0.15, 0.2) is 0 Å². The lowest BCUT2D eigenvalue weighted by Crippen LogP contribution is -2.38. The molecule has 0 saturated carbocycles. The van der Waals surface area contributed by atoms with Crippen LogP contribution in [0.1, 0.15) is 39.0 Å². The van der Waals surface area contributed by atoms with Gasteiger partial charge in [0.1, 0.15) is 5.52 Å². The summed E-state index contributed by atoms with van der Waals surface area (Å²) in [6.07, 6.45) is 4.59. The van der Waals surface area contributed by atoms with Gasteiger partial charge in [-0.25, -0.2) is 9.48 Å². The van der Waals surface area contributed by atoms with Gasteiger partial charge < -0.3 is 14.5 Å². The Balaban J connectivity index is 1.67. The van der Waals surface area contributed by atoms with Crippen LogP contribution in [0, 0.1) is 0 Å². The van der Waals surface area contributed by atoms with Crippen LogP contribution in [0.15, 0.2) is 109 Å². The number of ether oxygens (including phenoxy) is 1. The first-order chi connectivity index (χ1) is 20.5. The van der Waals surface area contributed by atoms with E-state index in [1.165, 1.54) is 19.2 Å². The van der Waals surface area contributed by atoms with Gasteiger partial charge in [0.05, 0.1) is 23.7 Å². The highest BCUT2D eigenvalue weighted by atomic mass is 31.2. The molecule has 1 atom stereocenters. The Morgan fingerprint density at radius 2 is 1.53 bits per heavy atom. The van der Waals surface area contributed by atoms with Crippen molar-refractivity contribution in [3.63, 3.8) is 0 Å². The van der Waals surface area contributed by atoms with E-state index in [9.17, 15) is 27.9 Å². The Labute approximate surface area is 246 Å². The normalized spacial score (nSPS) is 13.7. The van der Waals surface area contributed by atoms with Gasteiger partial charge in [-0.1, -0.05) is 96.2 Å². The average Bonchev–Trinajstić information content (AvgIpc) is 3.45. The number of nitrogens with zero attached hydrogens (tertiary/aromatic N) is 3. The first kappa shape index (κ1) is 30.0. The highest BCUT2D eigenvalue weighted by Gasteiger charge is 2.50. The number of halogens is 2. The molecule has 0 unspecified atom stereocenters. The smallest absolute Gasteiger partial charge is 0.399 e. The van der Waals surface area contributed by atoms with Crippen LogP contribution in [-0.2, 0) is 26.9 Å². The number of methoxy groups -OCH3 is 1. The number of para-hydroxylation sites is 1. The van der Waals surface area contributed by atoms with Gasteiger partial charge in [-0.15, -0.1) is 5.10 Å². The summed E-state index contributed by atoms with van der Waals surface area (Å²) < 4.78 is 47.0. The highest BCUT2D eigenvalue weighted by Crippen LogP contribution is 2.59. The van der Waals surface area contributed by atoms with Gasteiger partial charge in [-0.05, 0) is 47.4 Å². The zero-order valence-electron chi connectivity index (χ0n) is 23.0. The van der Waals surface area contributed by atoms with E-state index in [1.807, 2.05) is 66.7 Å². The minimum Gasteiger partial charge on any atom is -0.465 e. The highest BCUT2D eigenvalue weighted by molar-refractivity contribution is 7.52. The first-order valence-corrected chi connectivity index (χ1v) is 14.9. The summed E-state index contributed by atoms with van der Waals surface area (Å²) in [4.78, 5) is 30.6. The SMILES string of the molecule is COC(=O)c1ccc([C@](C/C=C/c2ccccc2)(Cc2ccc(C(F)(F)P(=O)(O)O)cc2)n2nnc3ccccc32)cc1. The van der Waals surface area contributed by atoms with Crippen LogP contribution in [-0.4, -0.2) is 37.9 Å². The fourth-order valence-electron chi connectivity index (χ4n) is 5.08. The van der Waals surface area contributed by atoms with Crippen LogP contribution in [0.4, 0.5) is 8.78 Å². The van der Waals surface area contributed by atoms with Crippen molar-refractivity contribution in [3.8, 4) is 0 Å². The van der Waals surface area contributed by atoms with Crippen LogP contribution in [0.2, 0.25) is 0 Å². The summed E-state index contributed by atoms with van der Waals surface area (Å²) >= 11 is 0. The Bertz CT molecular complexity index is 1800. The van der Waals surface area contributed by atoms with Crippen molar-refractivity contribution >= 4 is 30.7 Å². The number of hydrogen-bond donors (Lipinski definition) is 2. The number of esters is 1. The Kier molecular flexibility index (Phi) is 8.37. The van der Waals surface area contributed by atoms with Gasteiger partial charge in [0.2, 0.25) is 0 Å². The fraction of sp³-hybridized carbons (Fsp3) is 0.156. The molecule has 0 bridgehead atoms. The third kappa shape index (κ3) is 6.03. The fourth-order valence-corrected chi connectivity index (χ4v) is 5.56. The molecule has 1 heterocycles. The van der Waals surface area contributed by atoms with Gasteiger partial charge in [-0.2, -0.15) is 8.78 Å². The topological polar surface area (TPSA) is 115 Å². The molecule has 0 saturated heterocycles. The summed E-state index contributed by atoms with van der Waals surface area (Å²) in [7, 11) is -4.42. The minimum absolute atomic E-state index is 0.235. The van der Waals surface area contributed by atoms with E-state index in [1.54, 1.807) is 28.9 Å². The molecule has 0 aliphatic carbocycles. The molecule has 0 amide bonds. The second kappa shape index (κ2) is 12.0. The second-order valence-corrected chi connectivity index (χ2v) is 11.7. The lowest BCUT2D eigenvalue weighted by molar-refractivity contribution is 0.0564. The molecule has 4 aromatic carbocycles. The van der Waals surface area contributed by atoms with E-state index >= 15 is 0 Å². The van der Waals surface area contributed by atoms with Crippen LogP contribution in [0.3, 0.4) is 0 Å². The van der Waals surface area contributed by atoms with Gasteiger partial charge in [0, 0.05) is 12.0 Å². The first-order valence-electron chi connectivity index (χ1n) is 13.3. The number of benzene rings is 4. The van der Waals surface area contributed by atoms with Crippen LogP contribution < -0.4 is 0 Å². The van der Waals surface area contributed by atoms with Gasteiger partial charge >= 0.3 is 19.2 Å². The van der Waals surface area contributed by atoms with Crippen molar-refractivity contribution in [1.29, 1.82) is 0 Å². The zero-order valence-corrected chi connectivity index (χ0v) is 23.9. The van der Waals surface area contributed by atoms with Crippen LogP contribution in [0.5, 0.6) is 0 Å². The Morgan fingerprint density at radius 1 is 0.907 bits per heavy atom. The maximum Gasteiger partial charge on any atom is 0.399 e. The predicted octanol–water partition coefficient (Wildman–Crippen LogP) is 6.53. The van der Waals surface area contributed by atoms with E-state index in [-0.39, 0.29) is 6.42 Å². The minimum atomic E-state index is -5.72. The quantitative estimate of drug-likeness (QED) is 0.138. The second-order valence-electron chi connectivity index (χ2n) is 10.1. The summed E-state index contributed by atoms with van der Waals surface area (Å²) in [5.74, 6) is -0.492. The molecule has 2 N–H and O–H groups in total. The maximum absolute atomic E-state index is 14.4. The number of alkyl halides is 2. The third-order valence-electron chi connectivity index (χ3n) is 7.33. The summed E-state index contributed by atoms with van der Waals surface area (Å²) in [5, 5.41) is 8.93. The number of carbonyl (C=O) groups is 1. The molecule has 0 aliphatic rings. The van der Waals surface area contributed by atoms with Gasteiger partial charge in [-0.3, -0.25) is 4.57 Å². The Hall–Kier alpha value is -4.50. The van der Waals surface area contributed by atoms with Crippen molar-refractivity contribution in [2.24, 2.45) is 0 Å². The molecule has 0 radical (unpaired) electrons. The zero-order chi connectivity index (χ0) is 30.7. The molecule has 43 heavy (non-hydrogen) atoms. The van der Waals surface area contributed by atoms with Crippen LogP contribution >= 0.6 is 7.60 Å². The molecule has 0 spiro atoms. The standard InChI is InChI=1S/C32H28F2N3O5P/c1-42-30(38)25-15-19-26(20-16-25)31(21-7-10-23-8-3-2-4-9-23,37-29-12-6-5-11-28(29)35-36-37)22-24-13-17-27(18-14-24)32(33,34)43(39,40)41/h2-20H,21-22H2,1H3,(H2,39,40,41)/b10-7+/t31-/m0/s1. The Morgan fingerprint density at radius 3 is 2.19 bits per heavy atom. The lowest BCUT2D eigenvalue weighted by atomic mass is 9.80. The maximum atomic E-state index is 14.4. The summed E-state index contributed by atoms with van der Waals surface area (Å²) in [6, 6.07) is 29.0. The van der Waals surface area contributed by atoms with Crippen molar-refractivity contribution < 1.29 is 32.7 Å². The molecule has 0 fully saturated rings. The number of allylic oxidation sites excluding steroid dienone is 1. The molecule has 1 aromatic heterocycles. The van der Waals surface area contributed by atoms with E-state index in [0.29, 0.717) is 23.1 Å². The van der Waals surface area contributed by atoms with Crippen molar-refractivity contribution in [1.82, 2.24) is 15.0 Å². The largest absolute Gasteiger partial charge is 0.465 e. The number of hydrogen-bond acceptors (Lipinski definition) is 5. The molecule has 5 rings (SSSR count). The van der Waals surface area contributed by atoms with E-state index in [4.69, 9.17) is 4.74 Å². The summed E-state index contributed by atoms with van der Waals surface area (Å²) in [5.41, 5.74) is -1.99. The molecule has 220 valence electrons. The monoisotopic (exact) mass is 603 g/mol. The lowest BCUT2D eigenvalue weighted by Gasteiger charge is -2.35. The molecule has 8 nitrogen and oxygen atoms in total. The molecule has 0 aliphatic heterocycles. The van der Waals surface area contributed by atoms with Crippen molar-refractivity contribution in [2.75, 3.05) is 7.11 Å². The van der Waals surface area contributed by atoms with E-state index in [2.05, 4.69) is 10.3 Å². The number of rotatable bonds is 10.